The smallest absolute Gasteiger partial charge is 0.382 e. The zero-order valence-electron chi connectivity index (χ0n) is 19.8. The first-order valence-corrected chi connectivity index (χ1v) is 12.7. The van der Waals surface area contributed by atoms with Gasteiger partial charge in [-0.15, -0.1) is 0 Å². The number of benzene rings is 2. The van der Waals surface area contributed by atoms with Gasteiger partial charge in [0.1, 0.15) is 0 Å². The van der Waals surface area contributed by atoms with Crippen molar-refractivity contribution in [1.82, 2.24) is 4.90 Å². The topological polar surface area (TPSA) is 41.6 Å². The zero-order chi connectivity index (χ0) is 26.6. The van der Waals surface area contributed by atoms with Crippen LogP contribution < -0.4 is 5.32 Å². The molecule has 1 aliphatic heterocycles. The molecule has 2 aliphatic rings. The first-order valence-electron chi connectivity index (χ1n) is 11.9. The fraction of sp³-hybridized carbons (Fsp3) is 0.423. The quantitative estimate of drug-likeness (QED) is 0.226. The van der Waals surface area contributed by atoms with Crippen molar-refractivity contribution in [3.63, 3.8) is 0 Å². The number of rotatable bonds is 7. The number of alkyl halides is 6. The molecule has 11 heteroatoms. The summed E-state index contributed by atoms with van der Waals surface area (Å²) in [7, 11) is 0. The standard InChI is InChI=1S/C26H26F6N2O2S/c27-25(28,29)23-20(21(35)10-11-34-12-14-36-15-13-34)8-9-22(24(23)26(30,31)32)37-19-7-3-6-18(16-19)33-17-4-1-2-5-17/h3,6-11,16-17,33H,1-2,4-5,12-15H2. The van der Waals surface area contributed by atoms with Crippen LogP contribution in [-0.2, 0) is 17.1 Å². The summed E-state index contributed by atoms with van der Waals surface area (Å²) in [5, 5.41) is 3.33. The molecule has 0 aromatic heterocycles. The van der Waals surface area contributed by atoms with E-state index in [0.717, 1.165) is 43.9 Å². The lowest BCUT2D eigenvalue weighted by Gasteiger charge is -2.25. The molecule has 1 saturated carbocycles. The molecular formula is C26H26F6N2O2S. The molecular weight excluding hydrogens is 518 g/mol. The van der Waals surface area contributed by atoms with Crippen molar-refractivity contribution in [3.8, 4) is 0 Å². The molecule has 4 nitrogen and oxygen atoms in total. The van der Waals surface area contributed by atoms with Gasteiger partial charge in [0, 0.05) is 52.4 Å². The van der Waals surface area contributed by atoms with E-state index < -0.39 is 39.7 Å². The molecule has 1 heterocycles. The van der Waals surface area contributed by atoms with Crippen LogP contribution in [0.2, 0.25) is 0 Å². The number of hydrogen-bond donors (Lipinski definition) is 1. The van der Waals surface area contributed by atoms with Gasteiger partial charge < -0.3 is 15.0 Å². The fourth-order valence-corrected chi connectivity index (χ4v) is 5.56. The maximum absolute atomic E-state index is 14.1. The number of nitrogens with one attached hydrogen (secondary N) is 1. The van der Waals surface area contributed by atoms with Crippen LogP contribution in [0.5, 0.6) is 0 Å². The van der Waals surface area contributed by atoms with Gasteiger partial charge in [0.25, 0.3) is 0 Å². The van der Waals surface area contributed by atoms with E-state index in [1.165, 1.54) is 6.20 Å². The van der Waals surface area contributed by atoms with Crippen LogP contribution in [0.1, 0.15) is 47.2 Å². The van der Waals surface area contributed by atoms with Crippen molar-refractivity contribution < 1.29 is 35.9 Å². The monoisotopic (exact) mass is 544 g/mol. The van der Waals surface area contributed by atoms with Crippen LogP contribution in [0.3, 0.4) is 0 Å². The van der Waals surface area contributed by atoms with Crippen LogP contribution in [0.25, 0.3) is 0 Å². The first kappa shape index (κ1) is 27.4. The average molecular weight is 545 g/mol. The molecule has 0 atom stereocenters. The Kier molecular flexibility index (Phi) is 8.42. The Hall–Kier alpha value is -2.66. The van der Waals surface area contributed by atoms with Crippen molar-refractivity contribution in [2.45, 2.75) is 53.9 Å². The molecule has 1 N–H and O–H groups in total. The molecule has 4 rings (SSSR count). The Bertz CT molecular complexity index is 1140. The number of anilines is 1. The molecule has 0 spiro atoms. The lowest BCUT2D eigenvalue weighted by atomic mass is 9.96. The summed E-state index contributed by atoms with van der Waals surface area (Å²) in [5.41, 5.74) is -4.17. The number of halogens is 6. The molecule has 0 bridgehead atoms. The van der Waals surface area contributed by atoms with E-state index in [0.29, 0.717) is 48.6 Å². The molecule has 2 fully saturated rings. The van der Waals surface area contributed by atoms with E-state index in [2.05, 4.69) is 5.32 Å². The highest BCUT2D eigenvalue weighted by molar-refractivity contribution is 7.99. The van der Waals surface area contributed by atoms with Gasteiger partial charge >= 0.3 is 12.4 Å². The summed E-state index contributed by atoms with van der Waals surface area (Å²) in [5.74, 6) is -1.15. The second-order valence-electron chi connectivity index (χ2n) is 8.94. The van der Waals surface area contributed by atoms with Crippen molar-refractivity contribution in [2.75, 3.05) is 31.6 Å². The van der Waals surface area contributed by atoms with Gasteiger partial charge in [-0.1, -0.05) is 30.7 Å². The Morgan fingerprint density at radius 3 is 2.30 bits per heavy atom. The number of allylic oxidation sites excluding steroid dienone is 1. The van der Waals surface area contributed by atoms with Crippen molar-refractivity contribution in [3.05, 3.63) is 65.4 Å². The number of carbonyl (C=O) groups is 1. The summed E-state index contributed by atoms with van der Waals surface area (Å²) in [4.78, 5) is 14.1. The third kappa shape index (κ3) is 7.01. The lowest BCUT2D eigenvalue weighted by molar-refractivity contribution is -0.163. The Morgan fingerprint density at radius 2 is 1.65 bits per heavy atom. The van der Waals surface area contributed by atoms with Crippen molar-refractivity contribution >= 4 is 23.2 Å². The highest BCUT2D eigenvalue weighted by Gasteiger charge is 2.47. The van der Waals surface area contributed by atoms with Crippen LogP contribution in [0.4, 0.5) is 32.0 Å². The second kappa shape index (κ2) is 11.4. The molecule has 2 aromatic rings. The van der Waals surface area contributed by atoms with Crippen LogP contribution in [0, 0.1) is 0 Å². The highest BCUT2D eigenvalue weighted by atomic mass is 32.2. The maximum atomic E-state index is 14.1. The molecule has 200 valence electrons. The number of morpholine rings is 1. The fourth-order valence-electron chi connectivity index (χ4n) is 4.52. The van der Waals surface area contributed by atoms with Gasteiger partial charge in [-0.05, 0) is 43.2 Å². The third-order valence-corrected chi connectivity index (χ3v) is 7.32. The molecule has 2 aromatic carbocycles. The van der Waals surface area contributed by atoms with Crippen LogP contribution >= 0.6 is 11.8 Å². The minimum Gasteiger partial charge on any atom is -0.382 e. The molecule has 37 heavy (non-hydrogen) atoms. The SMILES string of the molecule is O=C(C=CN1CCOCC1)c1ccc(Sc2cccc(NC3CCCC3)c2)c(C(F)(F)F)c1C(F)(F)F. The van der Waals surface area contributed by atoms with Gasteiger partial charge in [0.2, 0.25) is 0 Å². The molecule has 0 amide bonds. The van der Waals surface area contributed by atoms with Gasteiger partial charge in [0.15, 0.2) is 5.78 Å². The van der Waals surface area contributed by atoms with Crippen LogP contribution in [-0.4, -0.2) is 43.0 Å². The van der Waals surface area contributed by atoms with E-state index in [9.17, 15) is 31.1 Å². The molecule has 0 unspecified atom stereocenters. The minimum atomic E-state index is -5.40. The largest absolute Gasteiger partial charge is 0.418 e. The maximum Gasteiger partial charge on any atom is 0.418 e. The summed E-state index contributed by atoms with van der Waals surface area (Å²) in [6.07, 6.45) is -4.41. The van der Waals surface area contributed by atoms with Gasteiger partial charge in [-0.3, -0.25) is 4.79 Å². The Balaban J connectivity index is 1.68. The third-order valence-electron chi connectivity index (χ3n) is 6.27. The minimum absolute atomic E-state index is 0.263. The number of ketones is 1. The lowest BCUT2D eigenvalue weighted by Crippen LogP contribution is -2.32. The van der Waals surface area contributed by atoms with E-state index in [1.54, 1.807) is 29.2 Å². The molecule has 0 radical (unpaired) electrons. The predicted molar refractivity (Wildman–Crippen MR) is 129 cm³/mol. The number of hydrogen-bond acceptors (Lipinski definition) is 5. The van der Waals surface area contributed by atoms with Gasteiger partial charge in [-0.25, -0.2) is 0 Å². The van der Waals surface area contributed by atoms with Crippen molar-refractivity contribution in [2.24, 2.45) is 0 Å². The normalized spacial score (nSPS) is 17.5. The van der Waals surface area contributed by atoms with E-state index in [1.807, 2.05) is 0 Å². The van der Waals surface area contributed by atoms with E-state index in [-0.39, 0.29) is 6.04 Å². The number of ether oxygens (including phenoxy) is 1. The van der Waals surface area contributed by atoms with E-state index in [4.69, 9.17) is 4.74 Å². The highest BCUT2D eigenvalue weighted by Crippen LogP contribution is 2.48. The summed E-state index contributed by atoms with van der Waals surface area (Å²) < 4.78 is 89.8. The Morgan fingerprint density at radius 1 is 0.973 bits per heavy atom. The second-order valence-corrected chi connectivity index (χ2v) is 10.1. The van der Waals surface area contributed by atoms with Crippen molar-refractivity contribution in [1.29, 1.82) is 0 Å². The average Bonchev–Trinajstić information content (AvgIpc) is 3.35. The van der Waals surface area contributed by atoms with Gasteiger partial charge in [0.05, 0.1) is 24.3 Å². The first-order chi connectivity index (χ1) is 17.5. The van der Waals surface area contributed by atoms with E-state index >= 15 is 0 Å². The molecule has 1 saturated heterocycles. The zero-order valence-corrected chi connectivity index (χ0v) is 20.6. The number of nitrogens with zero attached hydrogens (tertiary/aromatic N) is 1. The summed E-state index contributed by atoms with van der Waals surface area (Å²) in [6.45, 7) is 1.61. The Labute approximate surface area is 215 Å². The van der Waals surface area contributed by atoms with Gasteiger partial charge in [-0.2, -0.15) is 26.3 Å². The summed E-state index contributed by atoms with van der Waals surface area (Å²) in [6, 6.07) is 8.62. The summed E-state index contributed by atoms with van der Waals surface area (Å²) >= 11 is 0.589. The predicted octanol–water partition coefficient (Wildman–Crippen LogP) is 7.26. The number of carbonyl (C=O) groups excluding carboxylic acids is 1. The molecule has 1 aliphatic carbocycles. The van der Waals surface area contributed by atoms with Crippen LogP contribution in [0.15, 0.2) is 58.5 Å².